The molecular weight excluding hydrogens is 295 g/mol. The van der Waals surface area contributed by atoms with Crippen LogP contribution in [0, 0.1) is 0 Å². The molecule has 0 atom stereocenters. The molecule has 0 heterocycles. The van der Waals surface area contributed by atoms with E-state index in [9.17, 15) is 30.4 Å². The maximum absolute atomic E-state index is 12.6. The van der Waals surface area contributed by atoms with Crippen LogP contribution in [0.3, 0.4) is 0 Å². The summed E-state index contributed by atoms with van der Waals surface area (Å²) in [5, 5.41) is 2.66. The lowest BCUT2D eigenvalue weighted by Crippen LogP contribution is -2.22. The van der Waals surface area contributed by atoms with Crippen molar-refractivity contribution in [3.8, 4) is 0 Å². The largest absolute Gasteiger partial charge is 0.417 e. The Hall–Kier alpha value is -1.71. The van der Waals surface area contributed by atoms with E-state index in [0.29, 0.717) is 12.1 Å². The van der Waals surface area contributed by atoms with E-state index in [-0.39, 0.29) is 6.21 Å². The lowest BCUT2D eigenvalue weighted by Gasteiger charge is -2.12. The van der Waals surface area contributed by atoms with Gasteiger partial charge in [-0.15, -0.1) is 0 Å². The van der Waals surface area contributed by atoms with Crippen LogP contribution in [0.2, 0.25) is 0 Å². The number of sulfonamides is 1. The molecule has 0 aromatic heterocycles. The Morgan fingerprint density at radius 2 is 1.79 bits per heavy atom. The highest BCUT2D eigenvalue weighted by atomic mass is 32.2. The Morgan fingerprint density at radius 1 is 1.21 bits per heavy atom. The van der Waals surface area contributed by atoms with Crippen LogP contribution in [-0.4, -0.2) is 21.1 Å². The van der Waals surface area contributed by atoms with Crippen molar-refractivity contribution in [2.24, 2.45) is 5.10 Å². The monoisotopic (exact) mass is 302 g/mol. The molecule has 0 saturated heterocycles. The SMILES string of the molecule is O=S(=O)(N/N=C/C(F)F)c1ccccc1C(F)(F)F. The van der Waals surface area contributed by atoms with Gasteiger partial charge in [-0.2, -0.15) is 26.7 Å². The summed E-state index contributed by atoms with van der Waals surface area (Å²) >= 11 is 0. The first-order valence-corrected chi connectivity index (χ1v) is 6.12. The number of nitrogens with zero attached hydrogens (tertiary/aromatic N) is 1. The van der Waals surface area contributed by atoms with Crippen LogP contribution in [0.1, 0.15) is 5.56 Å². The Labute approximate surface area is 105 Å². The normalized spacial score (nSPS) is 13.2. The molecule has 0 bridgehead atoms. The first-order chi connectivity index (χ1) is 8.64. The Bertz CT molecular complexity index is 568. The summed E-state index contributed by atoms with van der Waals surface area (Å²) in [7, 11) is -4.67. The van der Waals surface area contributed by atoms with Gasteiger partial charge in [-0.1, -0.05) is 12.1 Å². The summed E-state index contributed by atoms with van der Waals surface area (Å²) in [4.78, 5) is 0.192. The Balaban J connectivity index is 3.16. The number of hydrogen-bond acceptors (Lipinski definition) is 3. The molecule has 106 valence electrons. The second kappa shape index (κ2) is 5.51. The third-order valence-electron chi connectivity index (χ3n) is 1.84. The maximum atomic E-state index is 12.6. The minimum absolute atomic E-state index is 0.0479. The van der Waals surface area contributed by atoms with Gasteiger partial charge < -0.3 is 0 Å². The van der Waals surface area contributed by atoms with Gasteiger partial charge in [0, 0.05) is 0 Å². The van der Waals surface area contributed by atoms with Crippen molar-refractivity contribution in [3.05, 3.63) is 29.8 Å². The Morgan fingerprint density at radius 3 is 2.32 bits per heavy atom. The smallest absolute Gasteiger partial charge is 0.204 e. The molecule has 1 rings (SSSR count). The predicted molar refractivity (Wildman–Crippen MR) is 56.3 cm³/mol. The fourth-order valence-corrected chi connectivity index (χ4v) is 2.17. The second-order valence-electron chi connectivity index (χ2n) is 3.20. The van der Waals surface area contributed by atoms with Gasteiger partial charge in [0.15, 0.2) is 0 Å². The third-order valence-corrected chi connectivity index (χ3v) is 3.12. The van der Waals surface area contributed by atoms with Crippen molar-refractivity contribution >= 4 is 16.2 Å². The second-order valence-corrected chi connectivity index (χ2v) is 4.83. The number of hydrazone groups is 1. The first kappa shape index (κ1) is 15.3. The van der Waals surface area contributed by atoms with Crippen LogP contribution in [0.4, 0.5) is 22.0 Å². The molecule has 10 heteroatoms. The van der Waals surface area contributed by atoms with Crippen molar-refractivity contribution in [1.29, 1.82) is 0 Å². The van der Waals surface area contributed by atoms with E-state index in [0.717, 1.165) is 12.1 Å². The molecule has 0 aliphatic rings. The number of halogens is 5. The predicted octanol–water partition coefficient (Wildman–Crippen LogP) is 2.23. The molecule has 19 heavy (non-hydrogen) atoms. The number of alkyl halides is 5. The number of hydrogen-bond donors (Lipinski definition) is 1. The topological polar surface area (TPSA) is 58.5 Å². The average Bonchev–Trinajstić information content (AvgIpc) is 2.27. The highest BCUT2D eigenvalue weighted by Crippen LogP contribution is 2.33. The summed E-state index contributed by atoms with van der Waals surface area (Å²) in [5.41, 5.74) is -1.41. The van der Waals surface area contributed by atoms with Gasteiger partial charge in [-0.25, -0.2) is 13.6 Å². The van der Waals surface area contributed by atoms with Crippen LogP contribution in [0.5, 0.6) is 0 Å². The molecule has 0 spiro atoms. The fourth-order valence-electron chi connectivity index (χ4n) is 1.14. The van der Waals surface area contributed by atoms with E-state index >= 15 is 0 Å². The first-order valence-electron chi connectivity index (χ1n) is 4.64. The van der Waals surface area contributed by atoms with Crippen molar-refractivity contribution in [1.82, 2.24) is 4.83 Å². The van der Waals surface area contributed by atoms with E-state index < -0.39 is 33.1 Å². The summed E-state index contributed by atoms with van der Waals surface area (Å²) in [6, 6.07) is 3.33. The third kappa shape index (κ3) is 4.16. The van der Waals surface area contributed by atoms with E-state index in [1.54, 1.807) is 0 Å². The van der Waals surface area contributed by atoms with E-state index in [2.05, 4.69) is 5.10 Å². The van der Waals surface area contributed by atoms with Gasteiger partial charge in [-0.05, 0) is 12.1 Å². The number of nitrogens with one attached hydrogen (secondary N) is 1. The van der Waals surface area contributed by atoms with E-state index in [1.165, 1.54) is 4.83 Å². The molecule has 0 fully saturated rings. The van der Waals surface area contributed by atoms with Gasteiger partial charge >= 0.3 is 6.18 Å². The molecule has 0 amide bonds. The van der Waals surface area contributed by atoms with Gasteiger partial charge in [0.1, 0.15) is 4.90 Å². The van der Waals surface area contributed by atoms with Crippen molar-refractivity contribution < 1.29 is 30.4 Å². The summed E-state index contributed by atoms with van der Waals surface area (Å²) < 4.78 is 84.2. The number of benzene rings is 1. The van der Waals surface area contributed by atoms with Crippen molar-refractivity contribution in [2.75, 3.05) is 0 Å². The highest BCUT2D eigenvalue weighted by molar-refractivity contribution is 7.89. The highest BCUT2D eigenvalue weighted by Gasteiger charge is 2.36. The van der Waals surface area contributed by atoms with Gasteiger partial charge in [0.25, 0.3) is 16.4 Å². The van der Waals surface area contributed by atoms with Gasteiger partial charge in [0.2, 0.25) is 0 Å². The molecule has 0 aliphatic heterocycles. The average molecular weight is 302 g/mol. The van der Waals surface area contributed by atoms with E-state index in [1.807, 2.05) is 0 Å². The minimum atomic E-state index is -4.89. The van der Waals surface area contributed by atoms with Crippen LogP contribution in [0.25, 0.3) is 0 Å². The van der Waals surface area contributed by atoms with Crippen molar-refractivity contribution in [3.63, 3.8) is 0 Å². The summed E-state index contributed by atoms with van der Waals surface area (Å²) in [6.45, 7) is 0. The molecule has 1 aromatic carbocycles. The van der Waals surface area contributed by atoms with Crippen LogP contribution < -0.4 is 4.83 Å². The lowest BCUT2D eigenvalue weighted by molar-refractivity contribution is -0.139. The zero-order valence-corrected chi connectivity index (χ0v) is 9.84. The molecule has 0 saturated carbocycles. The van der Waals surface area contributed by atoms with Crippen molar-refractivity contribution in [2.45, 2.75) is 17.5 Å². The Kier molecular flexibility index (Phi) is 4.45. The molecule has 0 radical (unpaired) electrons. The molecule has 1 aromatic rings. The maximum Gasteiger partial charge on any atom is 0.417 e. The standard InChI is InChI=1S/C9H7F5N2O2S/c10-8(11)5-15-16-19(17,18)7-4-2-1-3-6(7)9(12,13)14/h1-5,8,16H/b15-5+. The molecular formula is C9H7F5N2O2S. The molecule has 1 N–H and O–H groups in total. The zero-order chi connectivity index (χ0) is 14.7. The molecule has 4 nitrogen and oxygen atoms in total. The fraction of sp³-hybridized carbons (Fsp3) is 0.222. The van der Waals surface area contributed by atoms with Gasteiger partial charge in [0.05, 0.1) is 11.8 Å². The lowest BCUT2D eigenvalue weighted by atomic mass is 10.2. The molecule has 0 aliphatic carbocycles. The summed E-state index contributed by atoms with van der Waals surface area (Å²) in [5.74, 6) is 0. The zero-order valence-electron chi connectivity index (χ0n) is 9.03. The minimum Gasteiger partial charge on any atom is -0.204 e. The van der Waals surface area contributed by atoms with Crippen LogP contribution in [-0.2, 0) is 16.2 Å². The van der Waals surface area contributed by atoms with Crippen LogP contribution in [0.15, 0.2) is 34.3 Å². The number of rotatable bonds is 4. The van der Waals surface area contributed by atoms with E-state index in [4.69, 9.17) is 0 Å². The summed E-state index contributed by atoms with van der Waals surface area (Å²) in [6.07, 6.45) is -7.97. The molecule has 0 unspecified atom stereocenters. The van der Waals surface area contributed by atoms with Gasteiger partial charge in [-0.3, -0.25) is 0 Å². The van der Waals surface area contributed by atoms with Crippen LogP contribution >= 0.6 is 0 Å². The quantitative estimate of drug-likeness (QED) is 0.527.